The maximum atomic E-state index is 11.3. The lowest BCUT2D eigenvalue weighted by Gasteiger charge is -2.13. The highest BCUT2D eigenvalue weighted by molar-refractivity contribution is 6.30. The van der Waals surface area contributed by atoms with E-state index in [9.17, 15) is 9.90 Å². The average Bonchev–Trinajstić information content (AvgIpc) is 2.69. The van der Waals surface area contributed by atoms with Crippen molar-refractivity contribution in [3.05, 3.63) is 45.7 Å². The van der Waals surface area contributed by atoms with E-state index in [1.54, 1.807) is 37.8 Å². The fourth-order valence-electron chi connectivity index (χ4n) is 2.14. The highest BCUT2D eigenvalue weighted by atomic mass is 35.5. The van der Waals surface area contributed by atoms with Crippen LogP contribution in [0.2, 0.25) is 5.15 Å². The zero-order valence-electron chi connectivity index (χ0n) is 11.6. The predicted octanol–water partition coefficient (Wildman–Crippen LogP) is 3.00. The van der Waals surface area contributed by atoms with Crippen molar-refractivity contribution in [2.75, 3.05) is 5.32 Å². The minimum atomic E-state index is -0.914. The Bertz CT molecular complexity index is 665. The summed E-state index contributed by atoms with van der Waals surface area (Å²) in [5.74, 6) is -0.914. The van der Waals surface area contributed by atoms with Gasteiger partial charge in [0.2, 0.25) is 0 Å². The van der Waals surface area contributed by atoms with Crippen LogP contribution < -0.4 is 5.32 Å². The molecule has 1 heterocycles. The van der Waals surface area contributed by atoms with Gasteiger partial charge in [-0.1, -0.05) is 17.7 Å². The maximum absolute atomic E-state index is 11.3. The summed E-state index contributed by atoms with van der Waals surface area (Å²) in [7, 11) is 1.77. The van der Waals surface area contributed by atoms with Gasteiger partial charge in [-0.3, -0.25) is 4.68 Å². The number of hydrogen-bond acceptors (Lipinski definition) is 3. The van der Waals surface area contributed by atoms with Gasteiger partial charge < -0.3 is 10.4 Å². The number of carboxylic acid groups (broad SMARTS) is 1. The molecule has 6 heteroatoms. The minimum absolute atomic E-state index is 0.340. The fourth-order valence-corrected chi connectivity index (χ4v) is 2.30. The monoisotopic (exact) mass is 293 g/mol. The number of nitrogens with one attached hydrogen (secondary N) is 1. The van der Waals surface area contributed by atoms with E-state index in [4.69, 9.17) is 11.6 Å². The van der Waals surface area contributed by atoms with E-state index in [0.717, 1.165) is 22.4 Å². The van der Waals surface area contributed by atoms with E-state index in [1.165, 1.54) is 0 Å². The summed E-state index contributed by atoms with van der Waals surface area (Å²) in [6.07, 6.45) is 1.69. The molecule has 0 aliphatic carbocycles. The molecule has 0 aliphatic heterocycles. The van der Waals surface area contributed by atoms with Gasteiger partial charge >= 0.3 is 5.97 Å². The predicted molar refractivity (Wildman–Crippen MR) is 78.4 cm³/mol. The number of aromatic carboxylic acids is 1. The van der Waals surface area contributed by atoms with Crippen molar-refractivity contribution in [3.63, 3.8) is 0 Å². The molecule has 2 rings (SSSR count). The van der Waals surface area contributed by atoms with E-state index in [2.05, 4.69) is 10.4 Å². The molecule has 0 bridgehead atoms. The fraction of sp³-hybridized carbons (Fsp3) is 0.286. The van der Waals surface area contributed by atoms with Gasteiger partial charge in [0.1, 0.15) is 5.15 Å². The van der Waals surface area contributed by atoms with Crippen molar-refractivity contribution in [2.45, 2.75) is 20.4 Å². The number of nitrogens with zero attached hydrogens (tertiary/aromatic N) is 2. The summed E-state index contributed by atoms with van der Waals surface area (Å²) < 4.78 is 1.59. The third-order valence-electron chi connectivity index (χ3n) is 3.29. The van der Waals surface area contributed by atoms with E-state index in [1.807, 2.05) is 6.07 Å². The first-order chi connectivity index (χ1) is 9.41. The van der Waals surface area contributed by atoms with E-state index in [-0.39, 0.29) is 0 Å². The van der Waals surface area contributed by atoms with Crippen LogP contribution in [0.5, 0.6) is 0 Å². The Balaban J connectivity index is 2.24. The van der Waals surface area contributed by atoms with Crippen LogP contribution in [-0.2, 0) is 13.6 Å². The molecule has 106 valence electrons. The average molecular weight is 294 g/mol. The van der Waals surface area contributed by atoms with Crippen molar-refractivity contribution in [3.8, 4) is 0 Å². The maximum Gasteiger partial charge on any atom is 0.336 e. The minimum Gasteiger partial charge on any atom is -0.478 e. The van der Waals surface area contributed by atoms with Crippen molar-refractivity contribution >= 4 is 23.3 Å². The molecule has 0 spiro atoms. The highest BCUT2D eigenvalue weighted by Crippen LogP contribution is 2.24. The Kier molecular flexibility index (Phi) is 3.99. The van der Waals surface area contributed by atoms with Gasteiger partial charge in [0.25, 0.3) is 0 Å². The third-order valence-corrected chi connectivity index (χ3v) is 3.78. The van der Waals surface area contributed by atoms with Gasteiger partial charge in [0, 0.05) is 24.8 Å². The molecule has 1 aromatic heterocycles. The van der Waals surface area contributed by atoms with Crippen LogP contribution in [0.25, 0.3) is 0 Å². The molecule has 0 aliphatic rings. The summed E-state index contributed by atoms with van der Waals surface area (Å²) in [4.78, 5) is 11.3. The zero-order valence-corrected chi connectivity index (χ0v) is 12.3. The number of hydrogen-bond donors (Lipinski definition) is 2. The quantitative estimate of drug-likeness (QED) is 0.909. The molecule has 1 aromatic carbocycles. The van der Waals surface area contributed by atoms with E-state index in [0.29, 0.717) is 17.3 Å². The first-order valence-electron chi connectivity index (χ1n) is 6.15. The molecule has 0 amide bonds. The molecule has 2 aromatic rings. The lowest BCUT2D eigenvalue weighted by atomic mass is 10.0. The number of benzene rings is 1. The number of aryl methyl sites for hydroxylation is 2. The molecule has 2 N–H and O–H groups in total. The van der Waals surface area contributed by atoms with Crippen molar-refractivity contribution in [2.24, 2.45) is 7.05 Å². The summed E-state index contributed by atoms with van der Waals surface area (Å²) >= 11 is 6.09. The lowest BCUT2D eigenvalue weighted by molar-refractivity contribution is 0.0695. The van der Waals surface area contributed by atoms with Crippen molar-refractivity contribution in [1.29, 1.82) is 0 Å². The van der Waals surface area contributed by atoms with Crippen LogP contribution in [0, 0.1) is 13.8 Å². The number of rotatable bonds is 4. The van der Waals surface area contributed by atoms with Gasteiger partial charge in [-0.25, -0.2) is 4.79 Å². The lowest BCUT2D eigenvalue weighted by Crippen LogP contribution is -2.08. The molecule has 0 atom stereocenters. The smallest absolute Gasteiger partial charge is 0.336 e. The Morgan fingerprint density at radius 2 is 2.15 bits per heavy atom. The first-order valence-corrected chi connectivity index (χ1v) is 6.53. The van der Waals surface area contributed by atoms with Gasteiger partial charge in [0.05, 0.1) is 11.8 Å². The number of halogens is 1. The van der Waals surface area contributed by atoms with Crippen molar-refractivity contribution in [1.82, 2.24) is 9.78 Å². The van der Waals surface area contributed by atoms with Crippen LogP contribution in [0.15, 0.2) is 18.3 Å². The van der Waals surface area contributed by atoms with Crippen LogP contribution in [0.4, 0.5) is 5.69 Å². The number of carboxylic acids is 1. The Hall–Kier alpha value is -2.01. The first kappa shape index (κ1) is 14.4. The Labute approximate surface area is 122 Å². The molecule has 0 unspecified atom stereocenters. The number of anilines is 1. The molecule has 0 radical (unpaired) electrons. The Morgan fingerprint density at radius 3 is 2.70 bits per heavy atom. The highest BCUT2D eigenvalue weighted by Gasteiger charge is 2.14. The van der Waals surface area contributed by atoms with E-state index < -0.39 is 5.97 Å². The molecular weight excluding hydrogens is 278 g/mol. The molecule has 0 fully saturated rings. The van der Waals surface area contributed by atoms with Gasteiger partial charge in [-0.15, -0.1) is 0 Å². The van der Waals surface area contributed by atoms with Gasteiger partial charge in [0.15, 0.2) is 0 Å². The standard InChI is InChI=1S/C14H16ClN3O2/c1-8-4-5-11(9(2)12(8)14(19)20)16-6-10-7-17-18(3)13(10)15/h4-5,7,16H,6H2,1-3H3,(H,19,20). The summed E-state index contributed by atoms with van der Waals surface area (Å²) in [5.41, 5.74) is 3.46. The number of aromatic nitrogens is 2. The molecule has 20 heavy (non-hydrogen) atoms. The molecule has 0 saturated carbocycles. The number of carbonyl (C=O) groups is 1. The summed E-state index contributed by atoms with van der Waals surface area (Å²) in [6, 6.07) is 3.67. The zero-order chi connectivity index (χ0) is 14.9. The van der Waals surface area contributed by atoms with Gasteiger partial charge in [-0.2, -0.15) is 5.10 Å². The largest absolute Gasteiger partial charge is 0.478 e. The van der Waals surface area contributed by atoms with Crippen LogP contribution in [-0.4, -0.2) is 20.9 Å². The second-order valence-electron chi connectivity index (χ2n) is 4.67. The van der Waals surface area contributed by atoms with Crippen LogP contribution >= 0.6 is 11.6 Å². The molecular formula is C14H16ClN3O2. The summed E-state index contributed by atoms with van der Waals surface area (Å²) in [5, 5.41) is 17.1. The second kappa shape index (κ2) is 5.54. The summed E-state index contributed by atoms with van der Waals surface area (Å²) in [6.45, 7) is 4.08. The van der Waals surface area contributed by atoms with Gasteiger partial charge in [-0.05, 0) is 31.0 Å². The SMILES string of the molecule is Cc1ccc(NCc2cnn(C)c2Cl)c(C)c1C(=O)O. The topological polar surface area (TPSA) is 67.2 Å². The van der Waals surface area contributed by atoms with Crippen LogP contribution in [0.3, 0.4) is 0 Å². The van der Waals surface area contributed by atoms with Crippen LogP contribution in [0.1, 0.15) is 27.0 Å². The van der Waals surface area contributed by atoms with E-state index >= 15 is 0 Å². The van der Waals surface area contributed by atoms with Crippen molar-refractivity contribution < 1.29 is 9.90 Å². The normalized spacial score (nSPS) is 10.6. The second-order valence-corrected chi connectivity index (χ2v) is 5.03. The Morgan fingerprint density at radius 1 is 1.45 bits per heavy atom. The third kappa shape index (κ3) is 2.63. The molecule has 0 saturated heterocycles. The molecule has 5 nitrogen and oxygen atoms in total.